The fraction of sp³-hybridized carbons (Fsp3) is 0.857. The third-order valence-electron chi connectivity index (χ3n) is 2.27. The Balaban J connectivity index is 2.69. The van der Waals surface area contributed by atoms with Gasteiger partial charge in [0.1, 0.15) is 0 Å². The van der Waals surface area contributed by atoms with Crippen LogP contribution in [0, 0.1) is 11.8 Å². The van der Waals surface area contributed by atoms with E-state index in [1.165, 1.54) is 0 Å². The van der Waals surface area contributed by atoms with Crippen LogP contribution in [0.5, 0.6) is 0 Å². The van der Waals surface area contributed by atoms with Gasteiger partial charge in [-0.1, -0.05) is 0 Å². The number of aliphatic carboxylic acids is 1. The number of carboxylic acid groups (broad SMARTS) is 1. The van der Waals surface area contributed by atoms with Gasteiger partial charge in [0, 0.05) is 12.8 Å². The first-order valence-corrected chi connectivity index (χ1v) is 3.77. The smallest absolute Gasteiger partial charge is 0.307 e. The van der Waals surface area contributed by atoms with Crippen LogP contribution in [0.25, 0.3) is 0 Å². The number of halogens is 2. The number of carbonyl (C=O) groups is 1. The van der Waals surface area contributed by atoms with Gasteiger partial charge in [-0.15, -0.1) is 0 Å². The number of rotatable bonds is 2. The van der Waals surface area contributed by atoms with Gasteiger partial charge in [-0.3, -0.25) is 4.79 Å². The number of hydrogen-bond acceptors (Lipinski definition) is 2. The summed E-state index contributed by atoms with van der Waals surface area (Å²) >= 11 is 0. The molecule has 1 aliphatic rings. The predicted molar refractivity (Wildman–Crippen MR) is 37.9 cm³/mol. The van der Waals surface area contributed by atoms with Gasteiger partial charge in [-0.25, -0.2) is 8.78 Å². The molecule has 70 valence electrons. The van der Waals surface area contributed by atoms with E-state index in [9.17, 15) is 13.6 Å². The van der Waals surface area contributed by atoms with E-state index >= 15 is 0 Å². The first-order chi connectivity index (χ1) is 5.46. The highest BCUT2D eigenvalue weighted by Crippen LogP contribution is 2.42. The van der Waals surface area contributed by atoms with Crippen molar-refractivity contribution in [2.45, 2.75) is 18.8 Å². The monoisotopic (exact) mass is 179 g/mol. The highest BCUT2D eigenvalue weighted by Gasteiger charge is 2.48. The molecule has 0 spiro atoms. The second-order valence-corrected chi connectivity index (χ2v) is 3.20. The van der Waals surface area contributed by atoms with Crippen molar-refractivity contribution in [2.75, 3.05) is 6.54 Å². The molecule has 0 aromatic rings. The average Bonchev–Trinajstić information content (AvgIpc) is 2.25. The molecule has 1 saturated carbocycles. The zero-order valence-corrected chi connectivity index (χ0v) is 6.46. The number of alkyl halides is 2. The van der Waals surface area contributed by atoms with Crippen LogP contribution in [0.15, 0.2) is 0 Å². The molecule has 12 heavy (non-hydrogen) atoms. The lowest BCUT2D eigenvalue weighted by Crippen LogP contribution is -2.24. The summed E-state index contributed by atoms with van der Waals surface area (Å²) in [5.74, 6) is -5.54. The van der Waals surface area contributed by atoms with Crippen LogP contribution in [-0.4, -0.2) is 23.5 Å². The van der Waals surface area contributed by atoms with Gasteiger partial charge in [-0.2, -0.15) is 0 Å². The summed E-state index contributed by atoms with van der Waals surface area (Å²) in [7, 11) is 0. The topological polar surface area (TPSA) is 63.3 Å². The normalized spacial score (nSPS) is 33.6. The van der Waals surface area contributed by atoms with Crippen LogP contribution in [-0.2, 0) is 4.79 Å². The van der Waals surface area contributed by atoms with Gasteiger partial charge >= 0.3 is 5.97 Å². The zero-order chi connectivity index (χ0) is 9.35. The lowest BCUT2D eigenvalue weighted by Gasteiger charge is -2.10. The van der Waals surface area contributed by atoms with Gasteiger partial charge in [0.15, 0.2) is 0 Å². The van der Waals surface area contributed by atoms with Crippen molar-refractivity contribution in [3.63, 3.8) is 0 Å². The minimum Gasteiger partial charge on any atom is -0.481 e. The standard InChI is InChI=1S/C7H11F2NO2/c8-7(9)1-4(3-10)5(2-7)6(11)12/h4-5H,1-3,10H2,(H,11,12). The van der Waals surface area contributed by atoms with E-state index in [-0.39, 0.29) is 13.0 Å². The minimum absolute atomic E-state index is 0.0204. The molecule has 0 radical (unpaired) electrons. The molecule has 2 atom stereocenters. The molecular weight excluding hydrogens is 168 g/mol. The quantitative estimate of drug-likeness (QED) is 0.655. The minimum atomic E-state index is -2.84. The van der Waals surface area contributed by atoms with Gasteiger partial charge in [0.2, 0.25) is 5.92 Å². The van der Waals surface area contributed by atoms with E-state index in [4.69, 9.17) is 10.8 Å². The summed E-state index contributed by atoms with van der Waals surface area (Å²) in [6.45, 7) is 0.0204. The fourth-order valence-corrected chi connectivity index (χ4v) is 1.63. The molecule has 0 heterocycles. The molecule has 0 aromatic heterocycles. The Morgan fingerprint density at radius 3 is 2.50 bits per heavy atom. The largest absolute Gasteiger partial charge is 0.481 e. The van der Waals surface area contributed by atoms with Crippen molar-refractivity contribution in [3.05, 3.63) is 0 Å². The second kappa shape index (κ2) is 2.97. The molecular formula is C7H11F2NO2. The molecule has 3 N–H and O–H groups in total. The fourth-order valence-electron chi connectivity index (χ4n) is 1.63. The molecule has 3 nitrogen and oxygen atoms in total. The van der Waals surface area contributed by atoms with Crippen LogP contribution < -0.4 is 5.73 Å². The number of nitrogens with two attached hydrogens (primary N) is 1. The van der Waals surface area contributed by atoms with E-state index in [0.29, 0.717) is 0 Å². The van der Waals surface area contributed by atoms with Gasteiger partial charge < -0.3 is 10.8 Å². The van der Waals surface area contributed by atoms with Crippen molar-refractivity contribution in [2.24, 2.45) is 17.6 Å². The van der Waals surface area contributed by atoms with Crippen LogP contribution in [0.3, 0.4) is 0 Å². The highest BCUT2D eigenvalue weighted by atomic mass is 19.3. The van der Waals surface area contributed by atoms with Crippen molar-refractivity contribution < 1.29 is 18.7 Å². The van der Waals surface area contributed by atoms with Crippen molar-refractivity contribution in [1.29, 1.82) is 0 Å². The summed E-state index contributed by atoms with van der Waals surface area (Å²) in [4.78, 5) is 10.5. The summed E-state index contributed by atoms with van der Waals surface area (Å²) in [5.41, 5.74) is 5.19. The Morgan fingerprint density at radius 2 is 2.17 bits per heavy atom. The van der Waals surface area contributed by atoms with Gasteiger partial charge in [0.05, 0.1) is 5.92 Å². The molecule has 0 amide bonds. The molecule has 1 fully saturated rings. The Hall–Kier alpha value is -0.710. The van der Waals surface area contributed by atoms with E-state index < -0.39 is 30.1 Å². The van der Waals surface area contributed by atoms with E-state index in [1.807, 2.05) is 0 Å². The van der Waals surface area contributed by atoms with Crippen molar-refractivity contribution >= 4 is 5.97 Å². The van der Waals surface area contributed by atoms with Crippen LogP contribution in [0.2, 0.25) is 0 Å². The molecule has 0 bridgehead atoms. The average molecular weight is 179 g/mol. The lowest BCUT2D eigenvalue weighted by atomic mass is 9.97. The Bertz CT molecular complexity index is 196. The Labute approximate surface area is 68.5 Å². The molecule has 0 saturated heterocycles. The lowest BCUT2D eigenvalue weighted by molar-refractivity contribution is -0.143. The van der Waals surface area contributed by atoms with Gasteiger partial charge in [-0.05, 0) is 12.5 Å². The number of carboxylic acids is 1. The summed E-state index contributed by atoms with van der Waals surface area (Å²) in [6, 6.07) is 0. The first kappa shape index (κ1) is 9.38. The summed E-state index contributed by atoms with van der Waals surface area (Å²) in [5, 5.41) is 8.56. The zero-order valence-electron chi connectivity index (χ0n) is 6.46. The Morgan fingerprint density at radius 1 is 1.58 bits per heavy atom. The van der Waals surface area contributed by atoms with Crippen LogP contribution in [0.4, 0.5) is 8.78 Å². The SMILES string of the molecule is NCC1CC(F)(F)CC1C(=O)O. The van der Waals surface area contributed by atoms with E-state index in [2.05, 4.69) is 0 Å². The third kappa shape index (κ3) is 1.72. The van der Waals surface area contributed by atoms with Crippen molar-refractivity contribution in [1.82, 2.24) is 0 Å². The van der Waals surface area contributed by atoms with E-state index in [0.717, 1.165) is 0 Å². The highest BCUT2D eigenvalue weighted by molar-refractivity contribution is 5.71. The maximum Gasteiger partial charge on any atom is 0.307 e. The van der Waals surface area contributed by atoms with Crippen LogP contribution in [0.1, 0.15) is 12.8 Å². The molecule has 5 heteroatoms. The molecule has 1 rings (SSSR count). The second-order valence-electron chi connectivity index (χ2n) is 3.20. The van der Waals surface area contributed by atoms with E-state index in [1.54, 1.807) is 0 Å². The van der Waals surface area contributed by atoms with Crippen molar-refractivity contribution in [3.8, 4) is 0 Å². The molecule has 1 aliphatic carbocycles. The molecule has 0 aliphatic heterocycles. The first-order valence-electron chi connectivity index (χ1n) is 3.77. The summed E-state index contributed by atoms with van der Waals surface area (Å²) < 4.78 is 25.3. The van der Waals surface area contributed by atoms with Gasteiger partial charge in [0.25, 0.3) is 0 Å². The maximum atomic E-state index is 12.7. The number of hydrogen-bond donors (Lipinski definition) is 2. The Kier molecular flexibility index (Phi) is 2.32. The molecule has 2 unspecified atom stereocenters. The maximum absolute atomic E-state index is 12.7. The third-order valence-corrected chi connectivity index (χ3v) is 2.27. The molecule has 0 aromatic carbocycles. The summed E-state index contributed by atoms with van der Waals surface area (Å²) in [6.07, 6.45) is -0.954. The van der Waals surface area contributed by atoms with Crippen LogP contribution >= 0.6 is 0 Å². The predicted octanol–water partition coefficient (Wildman–Crippen LogP) is 0.691.